The van der Waals surface area contributed by atoms with Crippen molar-refractivity contribution >= 4 is 0 Å². The Bertz CT molecular complexity index is 560. The zero-order valence-corrected chi connectivity index (χ0v) is 9.37. The van der Waals surface area contributed by atoms with Crippen LogP contribution in [0.1, 0.15) is 18.3 Å². The maximum absolute atomic E-state index is 13.5. The molecule has 0 aliphatic rings. The van der Waals surface area contributed by atoms with Crippen LogP contribution in [0.4, 0.5) is 17.6 Å². The summed E-state index contributed by atoms with van der Waals surface area (Å²) in [4.78, 5) is 3.60. The van der Waals surface area contributed by atoms with Crippen molar-refractivity contribution in [2.75, 3.05) is 0 Å². The fourth-order valence-corrected chi connectivity index (χ4v) is 1.50. The first-order valence-electron chi connectivity index (χ1n) is 5.20. The summed E-state index contributed by atoms with van der Waals surface area (Å²) in [5, 5.41) is 3.72. The van der Waals surface area contributed by atoms with Gasteiger partial charge in [-0.1, -0.05) is 6.92 Å². The van der Waals surface area contributed by atoms with Crippen LogP contribution in [0.5, 0.6) is 0 Å². The molecule has 0 amide bonds. The number of aryl methyl sites for hydroxylation is 1. The van der Waals surface area contributed by atoms with Crippen molar-refractivity contribution in [2.24, 2.45) is 0 Å². The van der Waals surface area contributed by atoms with Crippen molar-refractivity contribution < 1.29 is 17.6 Å². The summed E-state index contributed by atoms with van der Waals surface area (Å²) < 4.78 is 52.4. The Kier molecular flexibility index (Phi) is 3.06. The minimum absolute atomic E-state index is 0.229. The lowest BCUT2D eigenvalue weighted by molar-refractivity contribution is -0.142. The van der Waals surface area contributed by atoms with Gasteiger partial charge in [0.25, 0.3) is 0 Å². The van der Waals surface area contributed by atoms with Crippen LogP contribution in [0.2, 0.25) is 0 Å². The van der Waals surface area contributed by atoms with Gasteiger partial charge in [0.05, 0.1) is 5.69 Å². The molecule has 0 spiro atoms. The van der Waals surface area contributed by atoms with Gasteiger partial charge in [-0.05, 0) is 24.6 Å². The molecule has 0 bridgehead atoms. The lowest BCUT2D eigenvalue weighted by Gasteiger charge is -2.09. The maximum Gasteiger partial charge on any atom is 0.433 e. The van der Waals surface area contributed by atoms with Crippen molar-refractivity contribution in [3.05, 3.63) is 41.6 Å². The molecule has 0 unspecified atom stereocenters. The third-order valence-corrected chi connectivity index (χ3v) is 2.35. The average Bonchev–Trinajstić information content (AvgIpc) is 2.73. The molecule has 18 heavy (non-hydrogen) atoms. The van der Waals surface area contributed by atoms with E-state index in [9.17, 15) is 17.6 Å². The zero-order chi connectivity index (χ0) is 13.3. The molecule has 0 atom stereocenters. The second kappa shape index (κ2) is 4.40. The number of hydrogen-bond acceptors (Lipinski definition) is 2. The summed E-state index contributed by atoms with van der Waals surface area (Å²) in [6.45, 7) is 1.67. The number of rotatable bonds is 2. The zero-order valence-electron chi connectivity index (χ0n) is 9.37. The Balaban J connectivity index is 2.64. The maximum atomic E-state index is 13.5. The molecule has 0 saturated heterocycles. The third-order valence-electron chi connectivity index (χ3n) is 2.35. The molecule has 0 aromatic carbocycles. The normalized spacial score (nSPS) is 11.8. The second-order valence-electron chi connectivity index (χ2n) is 3.59. The Morgan fingerprint density at radius 3 is 2.61 bits per heavy atom. The molecular formula is C11H9F4N3. The average molecular weight is 259 g/mol. The van der Waals surface area contributed by atoms with Gasteiger partial charge in [-0.3, -0.25) is 0 Å². The molecule has 2 aromatic heterocycles. The minimum Gasteiger partial charge on any atom is -0.235 e. The quantitative estimate of drug-likeness (QED) is 0.776. The molecule has 96 valence electrons. The van der Waals surface area contributed by atoms with E-state index in [0.29, 0.717) is 11.1 Å². The Hall–Kier alpha value is -1.92. The Morgan fingerprint density at radius 1 is 1.33 bits per heavy atom. The SMILES string of the molecule is CCc1cc(C(F)(F)F)n(-c2ncccc2F)n1. The van der Waals surface area contributed by atoms with Crippen LogP contribution in [0.3, 0.4) is 0 Å². The largest absolute Gasteiger partial charge is 0.433 e. The molecule has 0 aliphatic heterocycles. The summed E-state index contributed by atoms with van der Waals surface area (Å²) in [5.74, 6) is -1.31. The Morgan fingerprint density at radius 2 is 2.06 bits per heavy atom. The first-order valence-corrected chi connectivity index (χ1v) is 5.20. The van der Waals surface area contributed by atoms with Crippen molar-refractivity contribution in [1.82, 2.24) is 14.8 Å². The first-order chi connectivity index (χ1) is 8.43. The lowest BCUT2D eigenvalue weighted by atomic mass is 10.3. The second-order valence-corrected chi connectivity index (χ2v) is 3.59. The predicted octanol–water partition coefficient (Wildman–Crippen LogP) is 2.99. The highest BCUT2D eigenvalue weighted by molar-refractivity contribution is 5.29. The van der Waals surface area contributed by atoms with Crippen LogP contribution in [-0.4, -0.2) is 14.8 Å². The highest BCUT2D eigenvalue weighted by Gasteiger charge is 2.36. The van der Waals surface area contributed by atoms with Crippen molar-refractivity contribution in [2.45, 2.75) is 19.5 Å². The topological polar surface area (TPSA) is 30.7 Å². The van der Waals surface area contributed by atoms with E-state index < -0.39 is 23.5 Å². The van der Waals surface area contributed by atoms with Crippen LogP contribution in [-0.2, 0) is 12.6 Å². The molecule has 2 rings (SSSR count). The minimum atomic E-state index is -4.61. The van der Waals surface area contributed by atoms with E-state index in [4.69, 9.17) is 0 Å². The van der Waals surface area contributed by atoms with Gasteiger partial charge in [-0.25, -0.2) is 14.1 Å². The van der Waals surface area contributed by atoms with Crippen LogP contribution < -0.4 is 0 Å². The highest BCUT2D eigenvalue weighted by atomic mass is 19.4. The van der Waals surface area contributed by atoms with E-state index in [-0.39, 0.29) is 5.69 Å². The summed E-state index contributed by atoms with van der Waals surface area (Å²) >= 11 is 0. The number of hydrogen-bond donors (Lipinski definition) is 0. The molecule has 0 aliphatic carbocycles. The first kappa shape index (κ1) is 12.5. The number of nitrogens with zero attached hydrogens (tertiary/aromatic N) is 3. The van der Waals surface area contributed by atoms with E-state index in [0.717, 1.165) is 12.1 Å². The molecule has 2 heterocycles. The molecule has 0 fully saturated rings. The van der Waals surface area contributed by atoms with E-state index in [1.165, 1.54) is 12.3 Å². The number of halogens is 4. The summed E-state index contributed by atoms with van der Waals surface area (Å²) in [5.41, 5.74) is -0.802. The summed E-state index contributed by atoms with van der Waals surface area (Å²) in [6, 6.07) is 3.24. The van der Waals surface area contributed by atoms with Crippen molar-refractivity contribution in [1.29, 1.82) is 0 Å². The third kappa shape index (κ3) is 2.20. The highest BCUT2D eigenvalue weighted by Crippen LogP contribution is 2.31. The van der Waals surface area contributed by atoms with Gasteiger partial charge in [-0.2, -0.15) is 18.3 Å². The predicted molar refractivity (Wildman–Crippen MR) is 55.7 cm³/mol. The molecule has 0 N–H and O–H groups in total. The molecule has 7 heteroatoms. The van der Waals surface area contributed by atoms with E-state index in [1.807, 2.05) is 0 Å². The fraction of sp³-hybridized carbons (Fsp3) is 0.273. The van der Waals surface area contributed by atoms with E-state index in [2.05, 4.69) is 10.1 Å². The van der Waals surface area contributed by atoms with Crippen LogP contribution >= 0.6 is 0 Å². The van der Waals surface area contributed by atoms with Gasteiger partial charge in [0, 0.05) is 6.20 Å². The molecule has 2 aromatic rings. The van der Waals surface area contributed by atoms with Gasteiger partial charge in [-0.15, -0.1) is 0 Å². The van der Waals surface area contributed by atoms with Crippen LogP contribution in [0.25, 0.3) is 5.82 Å². The van der Waals surface area contributed by atoms with Gasteiger partial charge in [0.15, 0.2) is 11.6 Å². The van der Waals surface area contributed by atoms with Gasteiger partial charge in [0.2, 0.25) is 0 Å². The standard InChI is InChI=1S/C11H9F4N3/c1-2-7-6-9(11(13,14)15)18(17-7)10-8(12)4-3-5-16-10/h3-6H,2H2,1H3. The van der Waals surface area contributed by atoms with Gasteiger partial charge < -0.3 is 0 Å². The van der Waals surface area contributed by atoms with Crippen molar-refractivity contribution in [3.8, 4) is 5.82 Å². The monoisotopic (exact) mass is 259 g/mol. The van der Waals surface area contributed by atoms with Gasteiger partial charge in [0.1, 0.15) is 5.69 Å². The summed E-state index contributed by atoms with van der Waals surface area (Å²) in [7, 11) is 0. The lowest BCUT2D eigenvalue weighted by Crippen LogP contribution is -2.15. The summed E-state index contributed by atoms with van der Waals surface area (Å²) in [6.07, 6.45) is -3.07. The van der Waals surface area contributed by atoms with Crippen LogP contribution in [0.15, 0.2) is 24.4 Å². The van der Waals surface area contributed by atoms with Crippen LogP contribution in [0, 0.1) is 5.82 Å². The van der Waals surface area contributed by atoms with E-state index in [1.54, 1.807) is 6.92 Å². The molecule has 3 nitrogen and oxygen atoms in total. The van der Waals surface area contributed by atoms with E-state index >= 15 is 0 Å². The Labute approximate surface area is 100 Å². The smallest absolute Gasteiger partial charge is 0.235 e. The number of pyridine rings is 1. The number of alkyl halides is 3. The molecule has 0 saturated carbocycles. The molecule has 0 radical (unpaired) electrons. The fourth-order valence-electron chi connectivity index (χ4n) is 1.50. The van der Waals surface area contributed by atoms with Gasteiger partial charge >= 0.3 is 6.18 Å². The van der Waals surface area contributed by atoms with Crippen molar-refractivity contribution in [3.63, 3.8) is 0 Å². The molecular weight excluding hydrogens is 250 g/mol. The number of aromatic nitrogens is 3.